The first kappa shape index (κ1) is 13.0. The average Bonchev–Trinajstić information content (AvgIpc) is 2.29. The monoisotopic (exact) mass is 238 g/mol. The van der Waals surface area contributed by atoms with Crippen LogP contribution >= 0.6 is 0 Å². The topological polar surface area (TPSA) is 116 Å². The van der Waals surface area contributed by atoms with Crippen LogP contribution in [0.5, 0.6) is 5.75 Å². The van der Waals surface area contributed by atoms with Gasteiger partial charge in [-0.25, -0.2) is 10.8 Å². The van der Waals surface area contributed by atoms with Crippen molar-refractivity contribution in [2.45, 2.75) is 19.4 Å². The second-order valence-corrected chi connectivity index (χ2v) is 4.19. The molecule has 0 aliphatic carbocycles. The Morgan fingerprint density at radius 2 is 2.24 bits per heavy atom. The van der Waals surface area contributed by atoms with E-state index < -0.39 is 5.54 Å². The van der Waals surface area contributed by atoms with E-state index in [0.29, 0.717) is 18.2 Å². The van der Waals surface area contributed by atoms with Gasteiger partial charge in [0.15, 0.2) is 0 Å². The molecule has 0 bridgehead atoms. The average molecular weight is 238 g/mol. The second-order valence-electron chi connectivity index (χ2n) is 4.19. The van der Waals surface area contributed by atoms with Crippen LogP contribution in [-0.2, 0) is 0 Å². The number of hydrazine groups is 1. The highest BCUT2D eigenvalue weighted by Crippen LogP contribution is 2.14. The molecule has 0 saturated heterocycles. The van der Waals surface area contributed by atoms with E-state index in [1.54, 1.807) is 18.3 Å². The highest BCUT2D eigenvalue weighted by Gasteiger charge is 2.23. The summed E-state index contributed by atoms with van der Waals surface area (Å²) in [5, 5.41) is 4.75. The molecule has 0 aromatic carbocycles. The summed E-state index contributed by atoms with van der Waals surface area (Å²) in [4.78, 5) is 3.92. The van der Waals surface area contributed by atoms with Crippen molar-refractivity contribution in [3.05, 3.63) is 18.3 Å². The molecule has 0 unspecified atom stereocenters. The predicted molar refractivity (Wildman–Crippen MR) is 66.9 cm³/mol. The smallest absolute Gasteiger partial charge is 0.137 e. The van der Waals surface area contributed by atoms with Crippen molar-refractivity contribution in [3.63, 3.8) is 0 Å². The van der Waals surface area contributed by atoms with E-state index in [2.05, 4.69) is 10.1 Å². The van der Waals surface area contributed by atoms with Gasteiger partial charge in [-0.1, -0.05) is 0 Å². The van der Waals surface area contributed by atoms with E-state index in [1.807, 2.05) is 13.8 Å². The Bertz CT molecular complexity index is 375. The van der Waals surface area contributed by atoms with Crippen LogP contribution in [0.25, 0.3) is 0 Å². The molecule has 7 heteroatoms. The minimum absolute atomic E-state index is 0.362. The molecule has 0 fully saturated rings. The molecule has 1 aromatic heterocycles. The van der Waals surface area contributed by atoms with Crippen molar-refractivity contribution in [2.75, 3.05) is 12.3 Å². The number of hydrogen-bond acceptors (Lipinski definition) is 6. The molecule has 0 atom stereocenters. The van der Waals surface area contributed by atoms with Gasteiger partial charge in [-0.3, -0.25) is 5.01 Å². The van der Waals surface area contributed by atoms with Gasteiger partial charge in [0, 0.05) is 0 Å². The fourth-order valence-corrected chi connectivity index (χ4v) is 1.04. The molecule has 1 aromatic rings. The number of aromatic nitrogens is 1. The third-order valence-corrected chi connectivity index (χ3v) is 2.24. The zero-order chi connectivity index (χ0) is 12.9. The minimum Gasteiger partial charge on any atom is -0.489 e. The van der Waals surface area contributed by atoms with E-state index in [-0.39, 0.29) is 0 Å². The molecule has 94 valence electrons. The standard InChI is InChI=1S/C10H18N6O/c1-10(2,16(13)7-15-12)6-17-8-3-4-9(11)14-5-8/h3-5,7H,6,12-13H2,1-2H3,(H2,11,14)/b15-7-. The van der Waals surface area contributed by atoms with Gasteiger partial charge in [-0.05, 0) is 26.0 Å². The number of nitrogen functional groups attached to an aromatic ring is 1. The third-order valence-electron chi connectivity index (χ3n) is 2.24. The molecule has 0 aliphatic rings. The zero-order valence-corrected chi connectivity index (χ0v) is 10.00. The Labute approximate surface area is 100 Å². The van der Waals surface area contributed by atoms with Gasteiger partial charge >= 0.3 is 0 Å². The fourth-order valence-electron chi connectivity index (χ4n) is 1.04. The Morgan fingerprint density at radius 3 is 2.76 bits per heavy atom. The number of hydrogen-bond donors (Lipinski definition) is 3. The van der Waals surface area contributed by atoms with Crippen LogP contribution in [0.4, 0.5) is 5.82 Å². The third kappa shape index (κ3) is 3.80. The number of nitrogens with zero attached hydrogens (tertiary/aromatic N) is 3. The molecule has 0 amide bonds. The minimum atomic E-state index is -0.440. The molecule has 0 radical (unpaired) electrons. The van der Waals surface area contributed by atoms with E-state index in [4.69, 9.17) is 22.2 Å². The van der Waals surface area contributed by atoms with Gasteiger partial charge in [-0.15, -0.1) is 0 Å². The molecule has 0 spiro atoms. The van der Waals surface area contributed by atoms with Crippen LogP contribution < -0.4 is 22.2 Å². The molecule has 0 saturated carbocycles. The molecule has 0 aliphatic heterocycles. The van der Waals surface area contributed by atoms with Gasteiger partial charge in [0.25, 0.3) is 0 Å². The van der Waals surface area contributed by atoms with Crippen LogP contribution in [0.3, 0.4) is 0 Å². The van der Waals surface area contributed by atoms with Gasteiger partial charge in [-0.2, -0.15) is 5.10 Å². The van der Waals surface area contributed by atoms with Gasteiger partial charge < -0.3 is 16.3 Å². The highest BCUT2D eigenvalue weighted by atomic mass is 16.5. The first-order chi connectivity index (χ1) is 7.95. The summed E-state index contributed by atoms with van der Waals surface area (Å²) < 4.78 is 5.55. The van der Waals surface area contributed by atoms with Crippen LogP contribution in [0.1, 0.15) is 13.8 Å². The lowest BCUT2D eigenvalue weighted by Crippen LogP contribution is -2.51. The number of ether oxygens (including phenoxy) is 1. The Morgan fingerprint density at radius 1 is 1.53 bits per heavy atom. The second kappa shape index (κ2) is 5.35. The normalized spacial score (nSPS) is 11.7. The fraction of sp³-hybridized carbons (Fsp3) is 0.400. The maximum atomic E-state index is 5.74. The number of rotatable bonds is 5. The quantitative estimate of drug-likeness (QED) is 0.285. The van der Waals surface area contributed by atoms with Crippen LogP contribution in [0.2, 0.25) is 0 Å². The maximum Gasteiger partial charge on any atom is 0.137 e. The van der Waals surface area contributed by atoms with Gasteiger partial charge in [0.2, 0.25) is 0 Å². The Kier molecular flexibility index (Phi) is 4.11. The lowest BCUT2D eigenvalue weighted by molar-refractivity contribution is 0.131. The summed E-state index contributed by atoms with van der Waals surface area (Å²) in [6.45, 7) is 4.17. The van der Waals surface area contributed by atoms with Crippen molar-refractivity contribution < 1.29 is 4.74 Å². The Hall–Kier alpha value is -2.02. The summed E-state index contributed by atoms with van der Waals surface area (Å²) in [7, 11) is 0. The summed E-state index contributed by atoms with van der Waals surface area (Å²) in [6.07, 6.45) is 2.90. The Balaban J connectivity index is 2.57. The molecule has 1 rings (SSSR count). The lowest BCUT2D eigenvalue weighted by Gasteiger charge is -2.32. The molecule has 6 N–H and O–H groups in total. The number of anilines is 1. The van der Waals surface area contributed by atoms with Crippen molar-refractivity contribution in [3.8, 4) is 5.75 Å². The maximum absolute atomic E-state index is 5.74. The first-order valence-electron chi connectivity index (χ1n) is 5.07. The molecule has 17 heavy (non-hydrogen) atoms. The molecule has 1 heterocycles. The van der Waals surface area contributed by atoms with Crippen LogP contribution in [0, 0.1) is 0 Å². The highest BCUT2D eigenvalue weighted by molar-refractivity contribution is 5.54. The molecule has 7 nitrogen and oxygen atoms in total. The number of pyridine rings is 1. The van der Waals surface area contributed by atoms with Crippen molar-refractivity contribution in [2.24, 2.45) is 16.8 Å². The van der Waals surface area contributed by atoms with Crippen molar-refractivity contribution in [1.82, 2.24) is 9.99 Å². The first-order valence-corrected chi connectivity index (χ1v) is 5.07. The van der Waals surface area contributed by atoms with Crippen molar-refractivity contribution >= 4 is 12.2 Å². The van der Waals surface area contributed by atoms with E-state index in [9.17, 15) is 0 Å². The molecular formula is C10H18N6O. The van der Waals surface area contributed by atoms with Gasteiger partial charge in [0.1, 0.15) is 24.5 Å². The molecular weight excluding hydrogens is 220 g/mol. The summed E-state index contributed by atoms with van der Waals surface area (Å²) in [5.74, 6) is 11.9. The number of hydrazone groups is 1. The summed E-state index contributed by atoms with van der Waals surface area (Å²) in [6, 6.07) is 3.42. The van der Waals surface area contributed by atoms with E-state index >= 15 is 0 Å². The summed E-state index contributed by atoms with van der Waals surface area (Å²) >= 11 is 0. The van der Waals surface area contributed by atoms with Crippen LogP contribution in [-0.4, -0.2) is 28.5 Å². The van der Waals surface area contributed by atoms with E-state index in [1.165, 1.54) is 11.3 Å². The van der Waals surface area contributed by atoms with Gasteiger partial charge in [0.05, 0.1) is 11.7 Å². The largest absolute Gasteiger partial charge is 0.489 e. The lowest BCUT2D eigenvalue weighted by atomic mass is 10.1. The van der Waals surface area contributed by atoms with E-state index in [0.717, 1.165) is 0 Å². The van der Waals surface area contributed by atoms with Crippen molar-refractivity contribution in [1.29, 1.82) is 0 Å². The zero-order valence-electron chi connectivity index (χ0n) is 10.00. The summed E-state index contributed by atoms with van der Waals surface area (Å²) in [5.41, 5.74) is 5.03. The van der Waals surface area contributed by atoms with Crippen LogP contribution in [0.15, 0.2) is 23.4 Å². The number of nitrogens with two attached hydrogens (primary N) is 3. The predicted octanol–water partition coefficient (Wildman–Crippen LogP) is -0.101. The SMILES string of the molecule is CC(C)(COc1ccc(N)nc1)N(N)/C=N\N.